The maximum atomic E-state index is 12.5. The molecule has 0 radical (unpaired) electrons. The summed E-state index contributed by atoms with van der Waals surface area (Å²) in [5.74, 6) is 2.28. The molecule has 0 saturated heterocycles. The Balaban J connectivity index is 1.41. The summed E-state index contributed by atoms with van der Waals surface area (Å²) in [5, 5.41) is 12.7. The third-order valence-corrected chi connectivity index (χ3v) is 5.47. The van der Waals surface area contributed by atoms with Crippen molar-refractivity contribution in [2.45, 2.75) is 17.9 Å². The van der Waals surface area contributed by atoms with Crippen LogP contribution in [0.2, 0.25) is 0 Å². The average molecular weight is 409 g/mol. The number of amides is 2. The number of nitrogens with one attached hydrogen (secondary N) is 3. The fourth-order valence-corrected chi connectivity index (χ4v) is 3.81. The number of hydrogen-bond donors (Lipinski definition) is 3. The van der Waals surface area contributed by atoms with E-state index in [0.717, 1.165) is 22.0 Å². The van der Waals surface area contributed by atoms with Crippen molar-refractivity contribution in [3.05, 3.63) is 53.9 Å². The normalized spacial score (nSPS) is 13.2. The van der Waals surface area contributed by atoms with Crippen LogP contribution in [0, 0.1) is 0 Å². The lowest BCUT2D eigenvalue weighted by atomic mass is 10.2. The van der Waals surface area contributed by atoms with Crippen LogP contribution in [0.3, 0.4) is 0 Å². The molecule has 1 aliphatic heterocycles. The van der Waals surface area contributed by atoms with Crippen LogP contribution in [0.15, 0.2) is 47.4 Å². The standard InChI is InChI=1S/C20H19N5O3S/c1-28-14-5-2-12(3-6-14)19-23-17(24-25-19)11-21-20(27)13-4-7-16-15(10-13)22-18(26)8-9-29-16/h2-7,10H,8-9,11H2,1H3,(H,21,27)(H,22,26)(H,23,24,25). The van der Waals surface area contributed by atoms with E-state index in [1.807, 2.05) is 30.3 Å². The number of aromatic nitrogens is 3. The number of carbonyl (C=O) groups excluding carboxylic acids is 2. The molecule has 4 rings (SSSR count). The van der Waals surface area contributed by atoms with Crippen LogP contribution in [0.25, 0.3) is 11.4 Å². The largest absolute Gasteiger partial charge is 0.497 e. The average Bonchev–Trinajstić information content (AvgIpc) is 3.13. The number of thioether (sulfide) groups is 1. The van der Waals surface area contributed by atoms with Gasteiger partial charge in [0.05, 0.1) is 19.3 Å². The lowest BCUT2D eigenvalue weighted by Crippen LogP contribution is -2.23. The monoisotopic (exact) mass is 409 g/mol. The number of ether oxygens (including phenoxy) is 1. The summed E-state index contributed by atoms with van der Waals surface area (Å²) < 4.78 is 5.14. The van der Waals surface area contributed by atoms with Crippen molar-refractivity contribution >= 4 is 29.3 Å². The van der Waals surface area contributed by atoms with E-state index in [4.69, 9.17) is 4.74 Å². The minimum Gasteiger partial charge on any atom is -0.497 e. The van der Waals surface area contributed by atoms with E-state index in [1.165, 1.54) is 0 Å². The number of nitrogens with zero attached hydrogens (tertiary/aromatic N) is 2. The predicted molar refractivity (Wildman–Crippen MR) is 110 cm³/mol. The Hall–Kier alpha value is -3.33. The van der Waals surface area contributed by atoms with Crippen molar-refractivity contribution in [1.82, 2.24) is 20.5 Å². The zero-order valence-electron chi connectivity index (χ0n) is 15.7. The van der Waals surface area contributed by atoms with Gasteiger partial charge in [0, 0.05) is 28.2 Å². The molecule has 2 aromatic carbocycles. The first-order chi connectivity index (χ1) is 14.1. The Kier molecular flexibility index (Phi) is 5.48. The molecule has 9 heteroatoms. The van der Waals surface area contributed by atoms with Crippen molar-refractivity contribution in [3.8, 4) is 17.1 Å². The summed E-state index contributed by atoms with van der Waals surface area (Å²) in [6.45, 7) is 0.209. The Morgan fingerprint density at radius 1 is 1.24 bits per heavy atom. The van der Waals surface area contributed by atoms with E-state index in [0.29, 0.717) is 29.3 Å². The number of H-pyrrole nitrogens is 1. The van der Waals surface area contributed by atoms with Crippen molar-refractivity contribution < 1.29 is 14.3 Å². The fourth-order valence-electron chi connectivity index (χ4n) is 2.87. The maximum Gasteiger partial charge on any atom is 0.251 e. The van der Waals surface area contributed by atoms with Gasteiger partial charge in [-0.25, -0.2) is 4.98 Å². The number of anilines is 1. The number of rotatable bonds is 5. The third kappa shape index (κ3) is 4.40. The van der Waals surface area contributed by atoms with Gasteiger partial charge in [-0.2, -0.15) is 5.10 Å². The molecule has 0 saturated carbocycles. The molecule has 0 unspecified atom stereocenters. The quantitative estimate of drug-likeness (QED) is 0.598. The molecule has 29 heavy (non-hydrogen) atoms. The zero-order valence-corrected chi connectivity index (χ0v) is 16.5. The Morgan fingerprint density at radius 2 is 2.07 bits per heavy atom. The molecule has 1 aromatic heterocycles. The molecule has 8 nitrogen and oxygen atoms in total. The highest BCUT2D eigenvalue weighted by molar-refractivity contribution is 7.99. The zero-order chi connectivity index (χ0) is 20.2. The molecule has 0 spiro atoms. The number of aromatic amines is 1. The van der Waals surface area contributed by atoms with Crippen LogP contribution < -0.4 is 15.4 Å². The van der Waals surface area contributed by atoms with E-state index >= 15 is 0 Å². The molecule has 1 aliphatic rings. The van der Waals surface area contributed by atoms with Crippen molar-refractivity contribution in [2.24, 2.45) is 0 Å². The Labute approximate surface area is 171 Å². The highest BCUT2D eigenvalue weighted by Crippen LogP contribution is 2.31. The van der Waals surface area contributed by atoms with Gasteiger partial charge in [0.15, 0.2) is 5.82 Å². The molecule has 2 amide bonds. The van der Waals surface area contributed by atoms with Gasteiger partial charge < -0.3 is 15.4 Å². The van der Waals surface area contributed by atoms with Gasteiger partial charge in [-0.3, -0.25) is 14.7 Å². The molecule has 0 aliphatic carbocycles. The van der Waals surface area contributed by atoms with Crippen LogP contribution in [0.5, 0.6) is 5.75 Å². The van der Waals surface area contributed by atoms with E-state index in [-0.39, 0.29) is 18.4 Å². The SMILES string of the molecule is COc1ccc(-c2n[nH]c(CNC(=O)c3ccc4c(c3)NC(=O)CCS4)n2)cc1. The first-order valence-electron chi connectivity index (χ1n) is 9.03. The van der Waals surface area contributed by atoms with Gasteiger partial charge in [0.25, 0.3) is 5.91 Å². The van der Waals surface area contributed by atoms with E-state index < -0.39 is 0 Å². The van der Waals surface area contributed by atoms with E-state index in [9.17, 15) is 9.59 Å². The number of benzene rings is 2. The lowest BCUT2D eigenvalue weighted by molar-refractivity contribution is -0.115. The van der Waals surface area contributed by atoms with Crippen molar-refractivity contribution in [1.29, 1.82) is 0 Å². The smallest absolute Gasteiger partial charge is 0.251 e. The second-order valence-electron chi connectivity index (χ2n) is 6.37. The first-order valence-corrected chi connectivity index (χ1v) is 10.0. The molecular weight excluding hydrogens is 390 g/mol. The molecular formula is C20H19N5O3S. The molecule has 0 bridgehead atoms. The summed E-state index contributed by atoms with van der Waals surface area (Å²) in [7, 11) is 1.61. The second kappa shape index (κ2) is 8.36. The number of methoxy groups -OCH3 is 1. The van der Waals surface area contributed by atoms with E-state index in [1.54, 1.807) is 31.0 Å². The number of fused-ring (bicyclic) bond motifs is 1. The van der Waals surface area contributed by atoms with Crippen LogP contribution in [0.4, 0.5) is 5.69 Å². The van der Waals surface area contributed by atoms with Gasteiger partial charge >= 0.3 is 0 Å². The van der Waals surface area contributed by atoms with Gasteiger partial charge in [-0.05, 0) is 42.5 Å². The third-order valence-electron chi connectivity index (χ3n) is 4.40. The minimum absolute atomic E-state index is 0.0403. The summed E-state index contributed by atoms with van der Waals surface area (Å²) in [6.07, 6.45) is 0.461. The highest BCUT2D eigenvalue weighted by Gasteiger charge is 2.16. The van der Waals surface area contributed by atoms with Gasteiger partial charge in [0.1, 0.15) is 11.6 Å². The fraction of sp³-hybridized carbons (Fsp3) is 0.200. The Morgan fingerprint density at radius 3 is 2.86 bits per heavy atom. The van der Waals surface area contributed by atoms with Crippen molar-refractivity contribution in [3.63, 3.8) is 0 Å². The van der Waals surface area contributed by atoms with Gasteiger partial charge in [-0.15, -0.1) is 11.8 Å². The number of carbonyl (C=O) groups is 2. The molecule has 3 aromatic rings. The summed E-state index contributed by atoms with van der Waals surface area (Å²) in [5.41, 5.74) is 1.99. The topological polar surface area (TPSA) is 109 Å². The van der Waals surface area contributed by atoms with Crippen LogP contribution >= 0.6 is 11.8 Å². The van der Waals surface area contributed by atoms with Crippen LogP contribution in [-0.2, 0) is 11.3 Å². The molecule has 0 fully saturated rings. The summed E-state index contributed by atoms with van der Waals surface area (Å²) in [4.78, 5) is 29.6. The second-order valence-corrected chi connectivity index (χ2v) is 7.51. The highest BCUT2D eigenvalue weighted by atomic mass is 32.2. The summed E-state index contributed by atoms with van der Waals surface area (Å²) in [6, 6.07) is 12.7. The van der Waals surface area contributed by atoms with Gasteiger partial charge in [0.2, 0.25) is 5.91 Å². The van der Waals surface area contributed by atoms with Gasteiger partial charge in [-0.1, -0.05) is 0 Å². The summed E-state index contributed by atoms with van der Waals surface area (Å²) >= 11 is 1.60. The van der Waals surface area contributed by atoms with Crippen molar-refractivity contribution in [2.75, 3.05) is 18.2 Å². The molecule has 0 atom stereocenters. The molecule has 3 N–H and O–H groups in total. The Bertz CT molecular complexity index is 1050. The molecule has 148 valence electrons. The lowest BCUT2D eigenvalue weighted by Gasteiger charge is -2.09. The van der Waals surface area contributed by atoms with Crippen LogP contribution in [-0.4, -0.2) is 39.9 Å². The minimum atomic E-state index is -0.251. The molecule has 2 heterocycles. The van der Waals surface area contributed by atoms with E-state index in [2.05, 4.69) is 25.8 Å². The number of hydrogen-bond acceptors (Lipinski definition) is 6. The maximum absolute atomic E-state index is 12.5. The predicted octanol–water partition coefficient (Wildman–Crippen LogP) is 2.84. The van der Waals surface area contributed by atoms with Crippen LogP contribution in [0.1, 0.15) is 22.6 Å². The first kappa shape index (κ1) is 19.0.